The van der Waals surface area contributed by atoms with Crippen molar-refractivity contribution in [1.82, 2.24) is 5.32 Å². The molecule has 0 aromatic heterocycles. The van der Waals surface area contributed by atoms with Crippen molar-refractivity contribution in [1.29, 1.82) is 0 Å². The van der Waals surface area contributed by atoms with Crippen LogP contribution in [0.3, 0.4) is 0 Å². The van der Waals surface area contributed by atoms with Crippen LogP contribution < -0.4 is 5.32 Å². The minimum absolute atomic E-state index is 0.105. The molecule has 1 unspecified atom stereocenters. The number of ether oxygens (including phenoxy) is 1. The summed E-state index contributed by atoms with van der Waals surface area (Å²) in [7, 11) is 1.50. The van der Waals surface area contributed by atoms with Gasteiger partial charge in [0, 0.05) is 18.2 Å². The Labute approximate surface area is 133 Å². The molecule has 23 heavy (non-hydrogen) atoms. The lowest BCUT2D eigenvalue weighted by atomic mass is 9.89. The molecule has 5 heteroatoms. The van der Waals surface area contributed by atoms with Crippen LogP contribution in [-0.2, 0) is 9.53 Å². The highest BCUT2D eigenvalue weighted by molar-refractivity contribution is 6.52. The zero-order chi connectivity index (χ0) is 16.6. The summed E-state index contributed by atoms with van der Waals surface area (Å²) < 4.78 is 5.17. The van der Waals surface area contributed by atoms with Crippen molar-refractivity contribution in [3.8, 4) is 0 Å². The Bertz CT molecular complexity index is 834. The van der Waals surface area contributed by atoms with E-state index in [0.717, 1.165) is 10.8 Å². The number of hydrogen-bond acceptors (Lipinski definition) is 5. The van der Waals surface area contributed by atoms with E-state index < -0.39 is 17.8 Å². The Kier molecular flexibility index (Phi) is 3.88. The van der Waals surface area contributed by atoms with Crippen LogP contribution in [0.4, 0.5) is 0 Å². The maximum absolute atomic E-state index is 12.4. The fourth-order valence-corrected chi connectivity index (χ4v) is 2.72. The van der Waals surface area contributed by atoms with Crippen LogP contribution in [0.5, 0.6) is 0 Å². The van der Waals surface area contributed by atoms with Crippen LogP contribution in [0.1, 0.15) is 29.3 Å². The molecule has 2 N–H and O–H groups in total. The van der Waals surface area contributed by atoms with Gasteiger partial charge in [-0.25, -0.2) is 0 Å². The average Bonchev–Trinajstić information content (AvgIpc) is 2.59. The quantitative estimate of drug-likeness (QED) is 0.671. The van der Waals surface area contributed by atoms with Gasteiger partial charge in [-0.05, 0) is 29.3 Å². The lowest BCUT2D eigenvalue weighted by molar-refractivity contribution is -0.112. The van der Waals surface area contributed by atoms with Gasteiger partial charge in [-0.15, -0.1) is 0 Å². The predicted octanol–water partition coefficient (Wildman–Crippen LogP) is 2.80. The van der Waals surface area contributed by atoms with Crippen LogP contribution in [-0.4, -0.2) is 30.0 Å². The van der Waals surface area contributed by atoms with Gasteiger partial charge in [0.15, 0.2) is 5.76 Å². The summed E-state index contributed by atoms with van der Waals surface area (Å²) in [6.45, 7) is 1.87. The van der Waals surface area contributed by atoms with Crippen molar-refractivity contribution in [2.24, 2.45) is 0 Å². The number of hydrogen-bond donors (Lipinski definition) is 2. The maximum atomic E-state index is 12.4. The highest BCUT2D eigenvalue weighted by Gasteiger charge is 2.34. The number of aliphatic hydroxyl groups excluding tert-OH is 1. The standard InChI is InChI=1S/C18H17NO4/c1-3-14(23-2)19-15-16(20)12-8-10-6-4-5-7-11(10)9-13(12)17(21)18(15)22/h4-9,14,19-20H,3H2,1-2H3. The topological polar surface area (TPSA) is 75.6 Å². The third-order valence-electron chi connectivity index (χ3n) is 4.02. The minimum Gasteiger partial charge on any atom is -0.505 e. The number of carbonyl (C=O) groups excluding carboxylic acids is 2. The summed E-state index contributed by atoms with van der Waals surface area (Å²) in [6, 6.07) is 10.9. The summed E-state index contributed by atoms with van der Waals surface area (Å²) in [5.74, 6) is -1.59. The van der Waals surface area contributed by atoms with E-state index in [1.54, 1.807) is 12.1 Å². The summed E-state index contributed by atoms with van der Waals surface area (Å²) in [5, 5.41) is 15.0. The van der Waals surface area contributed by atoms with E-state index in [2.05, 4.69) is 5.32 Å². The van der Waals surface area contributed by atoms with Crippen molar-refractivity contribution in [2.45, 2.75) is 19.6 Å². The fraction of sp³-hybridized carbons (Fsp3) is 0.222. The Balaban J connectivity index is 2.18. The van der Waals surface area contributed by atoms with Crippen LogP contribution in [0.15, 0.2) is 42.1 Å². The zero-order valence-electron chi connectivity index (χ0n) is 12.9. The van der Waals surface area contributed by atoms with E-state index in [0.29, 0.717) is 12.0 Å². The largest absolute Gasteiger partial charge is 0.505 e. The smallest absolute Gasteiger partial charge is 0.253 e. The van der Waals surface area contributed by atoms with Gasteiger partial charge in [-0.2, -0.15) is 0 Å². The molecule has 0 aliphatic heterocycles. The molecule has 2 aromatic rings. The van der Waals surface area contributed by atoms with Crippen molar-refractivity contribution in [2.75, 3.05) is 7.11 Å². The summed E-state index contributed by atoms with van der Waals surface area (Å²) in [5.41, 5.74) is 0.482. The first-order valence-electron chi connectivity index (χ1n) is 7.41. The van der Waals surface area contributed by atoms with Gasteiger partial charge >= 0.3 is 0 Å². The molecular weight excluding hydrogens is 294 g/mol. The van der Waals surface area contributed by atoms with Gasteiger partial charge in [0.1, 0.15) is 11.9 Å². The first-order valence-corrected chi connectivity index (χ1v) is 7.41. The Morgan fingerprint density at radius 2 is 1.70 bits per heavy atom. The van der Waals surface area contributed by atoms with E-state index in [1.165, 1.54) is 7.11 Å². The van der Waals surface area contributed by atoms with Crippen LogP contribution >= 0.6 is 0 Å². The average molecular weight is 311 g/mol. The van der Waals surface area contributed by atoms with E-state index in [9.17, 15) is 14.7 Å². The number of benzene rings is 2. The third kappa shape index (κ3) is 2.49. The monoisotopic (exact) mass is 311 g/mol. The van der Waals surface area contributed by atoms with Gasteiger partial charge < -0.3 is 15.2 Å². The van der Waals surface area contributed by atoms with Gasteiger partial charge in [0.05, 0.1) is 0 Å². The van der Waals surface area contributed by atoms with E-state index in [1.807, 2.05) is 31.2 Å². The third-order valence-corrected chi connectivity index (χ3v) is 4.02. The maximum Gasteiger partial charge on any atom is 0.253 e. The first-order chi connectivity index (χ1) is 11.1. The summed E-state index contributed by atoms with van der Waals surface area (Å²) in [6.07, 6.45) is 0.130. The number of carbonyl (C=O) groups is 2. The second-order valence-corrected chi connectivity index (χ2v) is 5.40. The number of rotatable bonds is 4. The minimum atomic E-state index is -0.749. The van der Waals surface area contributed by atoms with Crippen molar-refractivity contribution < 1.29 is 19.4 Å². The highest BCUT2D eigenvalue weighted by Crippen LogP contribution is 2.30. The van der Waals surface area contributed by atoms with E-state index in [4.69, 9.17) is 4.74 Å². The normalized spacial score (nSPS) is 15.7. The molecule has 0 heterocycles. The van der Waals surface area contributed by atoms with Crippen molar-refractivity contribution in [3.05, 3.63) is 53.2 Å². The van der Waals surface area contributed by atoms with Crippen LogP contribution in [0.25, 0.3) is 16.5 Å². The van der Waals surface area contributed by atoms with Crippen LogP contribution in [0, 0.1) is 0 Å². The lowest BCUT2D eigenvalue weighted by Gasteiger charge is -2.23. The van der Waals surface area contributed by atoms with Gasteiger partial charge in [0.2, 0.25) is 5.78 Å². The predicted molar refractivity (Wildman–Crippen MR) is 87.1 cm³/mol. The number of fused-ring (bicyclic) bond motifs is 2. The molecule has 1 aliphatic carbocycles. The highest BCUT2D eigenvalue weighted by atomic mass is 16.5. The molecule has 0 saturated carbocycles. The number of nitrogens with one attached hydrogen (secondary N) is 1. The van der Waals surface area contributed by atoms with Crippen LogP contribution in [0.2, 0.25) is 0 Å². The molecule has 3 rings (SSSR count). The van der Waals surface area contributed by atoms with Crippen molar-refractivity contribution >= 4 is 28.1 Å². The molecular formula is C18H17NO4. The molecule has 118 valence electrons. The zero-order valence-corrected chi connectivity index (χ0v) is 12.9. The van der Waals surface area contributed by atoms with Crippen molar-refractivity contribution in [3.63, 3.8) is 0 Å². The molecule has 0 amide bonds. The molecule has 0 bridgehead atoms. The molecule has 0 spiro atoms. The molecule has 0 radical (unpaired) electrons. The summed E-state index contributed by atoms with van der Waals surface area (Å²) >= 11 is 0. The first kappa shape index (κ1) is 15.2. The lowest BCUT2D eigenvalue weighted by Crippen LogP contribution is -2.38. The molecule has 0 fully saturated rings. The Hall–Kier alpha value is -2.66. The Morgan fingerprint density at radius 1 is 1.09 bits per heavy atom. The Morgan fingerprint density at radius 3 is 2.26 bits per heavy atom. The number of methoxy groups -OCH3 is 1. The summed E-state index contributed by atoms with van der Waals surface area (Å²) in [4.78, 5) is 24.7. The van der Waals surface area contributed by atoms with E-state index >= 15 is 0 Å². The number of Topliss-reactive ketones (excluding diaryl/α,β-unsaturated/α-hetero) is 2. The van der Waals surface area contributed by atoms with E-state index in [-0.39, 0.29) is 17.0 Å². The molecule has 5 nitrogen and oxygen atoms in total. The van der Waals surface area contributed by atoms with Gasteiger partial charge in [0.25, 0.3) is 5.78 Å². The number of allylic oxidation sites excluding steroid dienone is 1. The van der Waals surface area contributed by atoms with Gasteiger partial charge in [-0.1, -0.05) is 31.2 Å². The van der Waals surface area contributed by atoms with Gasteiger partial charge in [-0.3, -0.25) is 9.59 Å². The second-order valence-electron chi connectivity index (χ2n) is 5.40. The molecule has 1 atom stereocenters. The molecule has 1 aliphatic rings. The molecule has 2 aromatic carbocycles. The number of aliphatic hydroxyl groups is 1. The fourth-order valence-electron chi connectivity index (χ4n) is 2.72. The second kappa shape index (κ2) is 5.85. The number of ketones is 2. The SMILES string of the molecule is CCC(NC1=C(O)c2cc3ccccc3cc2C(=O)C1=O)OC. The molecule has 0 saturated heterocycles.